The van der Waals surface area contributed by atoms with Crippen molar-refractivity contribution in [1.29, 1.82) is 0 Å². The first-order valence-electron chi connectivity index (χ1n) is 8.89. The maximum absolute atomic E-state index is 13.5. The molecule has 2 bridgehead atoms. The normalized spacial score (nSPS) is 24.7. The number of aryl methyl sites for hydroxylation is 1. The van der Waals surface area contributed by atoms with Crippen LogP contribution in [0.1, 0.15) is 43.1 Å². The molecule has 25 heavy (non-hydrogen) atoms. The molecule has 2 fully saturated rings. The molecular weight excluding hydrogens is 324 g/mol. The number of benzene rings is 1. The van der Waals surface area contributed by atoms with Crippen LogP contribution in [0.2, 0.25) is 0 Å². The van der Waals surface area contributed by atoms with Crippen molar-refractivity contribution in [3.05, 3.63) is 41.6 Å². The fraction of sp³-hybridized carbons (Fsp3) is 0.474. The molecule has 2 aliphatic rings. The summed E-state index contributed by atoms with van der Waals surface area (Å²) in [6.07, 6.45) is 4.75. The number of carbonyl (C=O) groups excluding carboxylic acids is 1. The average Bonchev–Trinajstić information content (AvgIpc) is 3.31. The minimum Gasteiger partial charge on any atom is -0.348 e. The van der Waals surface area contributed by atoms with Crippen LogP contribution in [0.25, 0.3) is 11.3 Å². The second-order valence-corrected chi connectivity index (χ2v) is 7.11. The molecule has 4 nitrogen and oxygen atoms in total. The van der Waals surface area contributed by atoms with Gasteiger partial charge in [0.2, 0.25) is 0 Å². The summed E-state index contributed by atoms with van der Waals surface area (Å²) in [6, 6.07) is 5.62. The second kappa shape index (κ2) is 6.24. The maximum atomic E-state index is 13.5. The van der Waals surface area contributed by atoms with Gasteiger partial charge in [-0.15, -0.1) is 0 Å². The zero-order chi connectivity index (χ0) is 17.6. The van der Waals surface area contributed by atoms with Crippen LogP contribution in [-0.4, -0.2) is 21.7 Å². The SMILES string of the molecule is CCn1nc(C(=O)NC2CC3CCC2C3)cc1-c1ccc(F)c(F)c1. The number of aromatic nitrogens is 2. The molecule has 1 aromatic carbocycles. The van der Waals surface area contributed by atoms with E-state index < -0.39 is 11.6 Å². The van der Waals surface area contributed by atoms with Gasteiger partial charge < -0.3 is 5.32 Å². The lowest BCUT2D eigenvalue weighted by atomic mass is 9.95. The lowest BCUT2D eigenvalue weighted by Crippen LogP contribution is -2.38. The Morgan fingerprint density at radius 3 is 2.72 bits per heavy atom. The Kier molecular flexibility index (Phi) is 4.06. The Labute approximate surface area is 145 Å². The highest BCUT2D eigenvalue weighted by Gasteiger charge is 2.40. The first-order chi connectivity index (χ1) is 12.0. The molecule has 1 amide bonds. The van der Waals surface area contributed by atoms with Gasteiger partial charge in [0.05, 0.1) is 5.69 Å². The van der Waals surface area contributed by atoms with E-state index in [0.29, 0.717) is 29.4 Å². The Morgan fingerprint density at radius 1 is 1.24 bits per heavy atom. The van der Waals surface area contributed by atoms with E-state index in [2.05, 4.69) is 10.4 Å². The zero-order valence-electron chi connectivity index (χ0n) is 14.1. The van der Waals surface area contributed by atoms with Gasteiger partial charge in [0, 0.05) is 18.2 Å². The fourth-order valence-corrected chi connectivity index (χ4v) is 4.32. The molecule has 2 saturated carbocycles. The number of hydrogen-bond donors (Lipinski definition) is 1. The van der Waals surface area contributed by atoms with Crippen LogP contribution in [0.4, 0.5) is 8.78 Å². The van der Waals surface area contributed by atoms with Gasteiger partial charge in [0.1, 0.15) is 0 Å². The molecular formula is C19H21F2N3O. The van der Waals surface area contributed by atoms with E-state index in [1.165, 1.54) is 25.3 Å². The van der Waals surface area contributed by atoms with E-state index in [0.717, 1.165) is 24.5 Å². The zero-order valence-corrected chi connectivity index (χ0v) is 14.1. The van der Waals surface area contributed by atoms with Crippen LogP contribution in [0.3, 0.4) is 0 Å². The van der Waals surface area contributed by atoms with E-state index in [9.17, 15) is 13.6 Å². The number of nitrogens with one attached hydrogen (secondary N) is 1. The molecule has 0 spiro atoms. The summed E-state index contributed by atoms with van der Waals surface area (Å²) in [6.45, 7) is 2.43. The molecule has 0 radical (unpaired) electrons. The van der Waals surface area contributed by atoms with Crippen molar-refractivity contribution in [2.75, 3.05) is 0 Å². The molecule has 6 heteroatoms. The number of rotatable bonds is 4. The summed E-state index contributed by atoms with van der Waals surface area (Å²) in [5.74, 6) is -0.641. The number of nitrogens with zero attached hydrogens (tertiary/aromatic N) is 2. The highest BCUT2D eigenvalue weighted by molar-refractivity contribution is 5.93. The van der Waals surface area contributed by atoms with Crippen LogP contribution in [0.5, 0.6) is 0 Å². The molecule has 3 unspecified atom stereocenters. The van der Waals surface area contributed by atoms with Crippen molar-refractivity contribution < 1.29 is 13.6 Å². The molecule has 1 heterocycles. The quantitative estimate of drug-likeness (QED) is 0.917. The molecule has 4 rings (SSSR count). The summed E-state index contributed by atoms with van der Waals surface area (Å²) in [5.41, 5.74) is 1.44. The number of halogens is 2. The van der Waals surface area contributed by atoms with Gasteiger partial charge in [0.15, 0.2) is 17.3 Å². The van der Waals surface area contributed by atoms with Crippen LogP contribution in [0, 0.1) is 23.5 Å². The fourth-order valence-electron chi connectivity index (χ4n) is 4.32. The van der Waals surface area contributed by atoms with Gasteiger partial charge in [-0.1, -0.05) is 6.42 Å². The number of fused-ring (bicyclic) bond motifs is 2. The lowest BCUT2D eigenvalue weighted by molar-refractivity contribution is 0.0917. The summed E-state index contributed by atoms with van der Waals surface area (Å²) in [4.78, 5) is 12.6. The van der Waals surface area contributed by atoms with Crippen molar-refractivity contribution >= 4 is 5.91 Å². The first kappa shape index (κ1) is 16.2. The smallest absolute Gasteiger partial charge is 0.272 e. The minimum absolute atomic E-state index is 0.186. The molecule has 0 saturated heterocycles. The third-order valence-electron chi connectivity index (χ3n) is 5.58. The summed E-state index contributed by atoms with van der Waals surface area (Å²) in [5, 5.41) is 7.46. The third kappa shape index (κ3) is 2.94. The van der Waals surface area contributed by atoms with E-state index >= 15 is 0 Å². The summed E-state index contributed by atoms with van der Waals surface area (Å²) in [7, 11) is 0. The molecule has 0 aliphatic heterocycles. The monoisotopic (exact) mass is 345 g/mol. The van der Waals surface area contributed by atoms with Crippen molar-refractivity contribution in [3.63, 3.8) is 0 Å². The largest absolute Gasteiger partial charge is 0.348 e. The van der Waals surface area contributed by atoms with Gasteiger partial charge in [0.25, 0.3) is 5.91 Å². The molecule has 3 atom stereocenters. The van der Waals surface area contributed by atoms with E-state index in [-0.39, 0.29) is 11.9 Å². The molecule has 2 aromatic rings. The van der Waals surface area contributed by atoms with E-state index in [1.54, 1.807) is 10.7 Å². The van der Waals surface area contributed by atoms with E-state index in [4.69, 9.17) is 0 Å². The number of amides is 1. The molecule has 132 valence electrons. The second-order valence-electron chi connectivity index (χ2n) is 7.11. The van der Waals surface area contributed by atoms with Crippen LogP contribution in [-0.2, 0) is 6.54 Å². The number of carbonyl (C=O) groups is 1. The Hall–Kier alpha value is -2.24. The standard InChI is InChI=1S/C19H21F2N3O/c1-2-24-18(13-5-6-14(20)15(21)9-13)10-17(23-24)19(25)22-16-8-11-3-4-12(16)7-11/h5-6,9-12,16H,2-4,7-8H2,1H3,(H,22,25). The predicted octanol–water partition coefficient (Wildman–Crippen LogP) is 3.77. The number of hydrogen-bond acceptors (Lipinski definition) is 2. The predicted molar refractivity (Wildman–Crippen MR) is 90.0 cm³/mol. The maximum Gasteiger partial charge on any atom is 0.272 e. The molecule has 1 N–H and O–H groups in total. The van der Waals surface area contributed by atoms with Crippen molar-refractivity contribution in [1.82, 2.24) is 15.1 Å². The highest BCUT2D eigenvalue weighted by Crippen LogP contribution is 2.44. The van der Waals surface area contributed by atoms with Crippen LogP contribution >= 0.6 is 0 Å². The van der Waals surface area contributed by atoms with Gasteiger partial charge >= 0.3 is 0 Å². The Bertz CT molecular complexity index is 817. The van der Waals surface area contributed by atoms with Gasteiger partial charge in [-0.25, -0.2) is 8.78 Å². The topological polar surface area (TPSA) is 46.9 Å². The average molecular weight is 345 g/mol. The van der Waals surface area contributed by atoms with Crippen LogP contribution in [0.15, 0.2) is 24.3 Å². The summed E-state index contributed by atoms with van der Waals surface area (Å²) < 4.78 is 28.3. The van der Waals surface area contributed by atoms with E-state index in [1.807, 2.05) is 6.92 Å². The summed E-state index contributed by atoms with van der Waals surface area (Å²) >= 11 is 0. The van der Waals surface area contributed by atoms with Gasteiger partial charge in [-0.05, 0) is 62.3 Å². The third-order valence-corrected chi connectivity index (χ3v) is 5.58. The van der Waals surface area contributed by atoms with Crippen LogP contribution < -0.4 is 5.32 Å². The van der Waals surface area contributed by atoms with Crippen molar-refractivity contribution in [3.8, 4) is 11.3 Å². The molecule has 1 aromatic heterocycles. The highest BCUT2D eigenvalue weighted by atomic mass is 19.2. The van der Waals surface area contributed by atoms with Gasteiger partial charge in [-0.2, -0.15) is 5.10 Å². The van der Waals surface area contributed by atoms with Crippen molar-refractivity contribution in [2.24, 2.45) is 11.8 Å². The van der Waals surface area contributed by atoms with Gasteiger partial charge in [-0.3, -0.25) is 9.48 Å². The Balaban J connectivity index is 1.57. The Morgan fingerprint density at radius 2 is 2.08 bits per heavy atom. The first-order valence-corrected chi connectivity index (χ1v) is 8.89. The van der Waals surface area contributed by atoms with Crippen molar-refractivity contribution in [2.45, 2.75) is 45.2 Å². The minimum atomic E-state index is -0.908. The molecule has 2 aliphatic carbocycles. The lowest BCUT2D eigenvalue weighted by Gasteiger charge is -2.22.